The number of nitrogens with zero attached hydrogens (tertiary/aromatic N) is 3. The largest absolute Gasteiger partial charge is 0.383 e. The molecule has 0 N–H and O–H groups in total. The molecule has 1 aromatic rings. The molecule has 2 aliphatic rings. The van der Waals surface area contributed by atoms with Gasteiger partial charge in [-0.15, -0.1) is 0 Å². The Morgan fingerprint density at radius 2 is 2.21 bits per heavy atom. The van der Waals surface area contributed by atoms with E-state index in [1.807, 2.05) is 4.90 Å². The zero-order valence-electron chi connectivity index (χ0n) is 14.3. The highest BCUT2D eigenvalue weighted by Crippen LogP contribution is 2.24. The van der Waals surface area contributed by atoms with E-state index < -0.39 is 0 Å². The van der Waals surface area contributed by atoms with E-state index in [9.17, 15) is 9.59 Å². The number of aromatic nitrogens is 1. The molecule has 7 heteroatoms. The van der Waals surface area contributed by atoms with Crippen molar-refractivity contribution in [2.45, 2.75) is 18.6 Å². The fourth-order valence-electron chi connectivity index (χ4n) is 3.55. The van der Waals surface area contributed by atoms with E-state index >= 15 is 0 Å². The lowest BCUT2D eigenvalue weighted by Gasteiger charge is -2.47. The summed E-state index contributed by atoms with van der Waals surface area (Å²) in [7, 11) is 3.33. The average Bonchev–Trinajstić information content (AvgIpc) is 2.61. The van der Waals surface area contributed by atoms with E-state index in [0.717, 1.165) is 26.1 Å². The Bertz CT molecular complexity index is 645. The second-order valence-electron chi connectivity index (χ2n) is 6.35. The number of fused-ring (bicyclic) bond motifs is 1. The van der Waals surface area contributed by atoms with E-state index in [1.165, 1.54) is 10.6 Å². The summed E-state index contributed by atoms with van der Waals surface area (Å²) in [6.45, 7) is 4.37. The van der Waals surface area contributed by atoms with Gasteiger partial charge < -0.3 is 18.9 Å². The topological polar surface area (TPSA) is 64.0 Å². The summed E-state index contributed by atoms with van der Waals surface area (Å²) in [4.78, 5) is 28.8. The second-order valence-corrected chi connectivity index (χ2v) is 6.35. The van der Waals surface area contributed by atoms with Crippen molar-refractivity contribution in [3.8, 4) is 0 Å². The minimum absolute atomic E-state index is 0.0917. The first kappa shape index (κ1) is 17.1. The van der Waals surface area contributed by atoms with Crippen LogP contribution < -0.4 is 5.56 Å². The molecule has 0 aliphatic carbocycles. The molecule has 3 rings (SSSR count). The van der Waals surface area contributed by atoms with Gasteiger partial charge in [0.05, 0.1) is 25.4 Å². The van der Waals surface area contributed by atoms with Gasteiger partial charge in [0.15, 0.2) is 0 Å². The number of amides is 1. The van der Waals surface area contributed by atoms with Gasteiger partial charge in [-0.25, -0.2) is 0 Å². The fourth-order valence-corrected chi connectivity index (χ4v) is 3.55. The van der Waals surface area contributed by atoms with Crippen molar-refractivity contribution in [2.24, 2.45) is 7.05 Å². The number of piperidine rings is 1. The molecule has 0 saturated carbocycles. The smallest absolute Gasteiger partial charge is 0.270 e. The number of rotatable bonds is 4. The summed E-state index contributed by atoms with van der Waals surface area (Å²) in [6, 6.07) is 4.99. The van der Waals surface area contributed by atoms with Crippen molar-refractivity contribution < 1.29 is 14.3 Å². The number of pyridine rings is 1. The molecule has 0 aromatic carbocycles. The van der Waals surface area contributed by atoms with Crippen molar-refractivity contribution >= 4 is 5.91 Å². The highest BCUT2D eigenvalue weighted by molar-refractivity contribution is 5.92. The predicted molar refractivity (Wildman–Crippen MR) is 89.2 cm³/mol. The number of methoxy groups -OCH3 is 1. The lowest BCUT2D eigenvalue weighted by molar-refractivity contribution is -0.101. The Morgan fingerprint density at radius 1 is 1.38 bits per heavy atom. The van der Waals surface area contributed by atoms with Gasteiger partial charge >= 0.3 is 0 Å². The van der Waals surface area contributed by atoms with Gasteiger partial charge in [0.1, 0.15) is 5.69 Å². The van der Waals surface area contributed by atoms with Gasteiger partial charge in [-0.05, 0) is 12.5 Å². The standard InChI is InChI=1S/C17H25N3O4/c1-18-13(4-3-5-16(18)21)17(22)20-7-6-15-14(12-20)19(8-10-23-2)9-11-24-15/h3-5,14-15H,6-12H2,1-2H3/t14-,15-/m0/s1. The summed E-state index contributed by atoms with van der Waals surface area (Å²) in [5.74, 6) is -0.0917. The van der Waals surface area contributed by atoms with Gasteiger partial charge in [0, 0.05) is 46.4 Å². The average molecular weight is 335 g/mol. The van der Waals surface area contributed by atoms with Crippen LogP contribution in [-0.2, 0) is 16.5 Å². The SMILES string of the molecule is COCCN1CCO[C@H]2CCN(C(=O)c3cccc(=O)n3C)C[C@@H]21. The zero-order valence-corrected chi connectivity index (χ0v) is 14.3. The van der Waals surface area contributed by atoms with Gasteiger partial charge in [0.25, 0.3) is 11.5 Å². The van der Waals surface area contributed by atoms with Crippen LogP contribution >= 0.6 is 0 Å². The number of carbonyl (C=O) groups excluding carboxylic acids is 1. The van der Waals surface area contributed by atoms with Crippen LogP contribution in [0.1, 0.15) is 16.9 Å². The third kappa shape index (κ3) is 3.38. The normalized spacial score (nSPS) is 24.7. The van der Waals surface area contributed by atoms with Crippen LogP contribution in [-0.4, -0.2) is 78.9 Å². The van der Waals surface area contributed by atoms with Crippen LogP contribution in [0, 0.1) is 0 Å². The Balaban J connectivity index is 1.74. The highest BCUT2D eigenvalue weighted by atomic mass is 16.5. The van der Waals surface area contributed by atoms with Crippen LogP contribution in [0.25, 0.3) is 0 Å². The summed E-state index contributed by atoms with van der Waals surface area (Å²) in [6.07, 6.45) is 0.986. The van der Waals surface area contributed by atoms with Crippen LogP contribution in [0.15, 0.2) is 23.0 Å². The molecular formula is C17H25N3O4. The third-order valence-corrected chi connectivity index (χ3v) is 4.97. The number of likely N-dealkylation sites (tertiary alicyclic amines) is 1. The highest BCUT2D eigenvalue weighted by Gasteiger charge is 2.38. The molecule has 0 bridgehead atoms. The lowest BCUT2D eigenvalue weighted by atomic mass is 9.98. The van der Waals surface area contributed by atoms with E-state index in [2.05, 4.69) is 4.90 Å². The van der Waals surface area contributed by atoms with Gasteiger partial charge in [-0.2, -0.15) is 0 Å². The van der Waals surface area contributed by atoms with Crippen molar-refractivity contribution in [1.29, 1.82) is 0 Å². The Kier molecular flexibility index (Phi) is 5.33. The molecule has 2 fully saturated rings. The van der Waals surface area contributed by atoms with Crippen molar-refractivity contribution in [3.05, 3.63) is 34.2 Å². The molecule has 0 spiro atoms. The number of carbonyl (C=O) groups is 1. The molecule has 1 amide bonds. The van der Waals surface area contributed by atoms with E-state index in [0.29, 0.717) is 25.4 Å². The molecule has 1 aromatic heterocycles. The molecule has 2 aliphatic heterocycles. The first-order valence-corrected chi connectivity index (χ1v) is 8.41. The first-order chi connectivity index (χ1) is 11.6. The molecule has 0 unspecified atom stereocenters. The van der Waals surface area contributed by atoms with Gasteiger partial charge in [-0.3, -0.25) is 14.5 Å². The molecule has 0 radical (unpaired) electrons. The Labute approximate surface area is 141 Å². The number of ether oxygens (including phenoxy) is 2. The van der Waals surface area contributed by atoms with Crippen LogP contribution in [0.4, 0.5) is 0 Å². The van der Waals surface area contributed by atoms with Gasteiger partial charge in [-0.1, -0.05) is 6.07 Å². The van der Waals surface area contributed by atoms with E-state index in [-0.39, 0.29) is 23.6 Å². The maximum absolute atomic E-state index is 12.9. The predicted octanol–water partition coefficient (Wildman–Crippen LogP) is -0.0530. The van der Waals surface area contributed by atoms with Crippen molar-refractivity contribution in [3.63, 3.8) is 0 Å². The summed E-state index contributed by atoms with van der Waals surface area (Å²) >= 11 is 0. The maximum Gasteiger partial charge on any atom is 0.270 e. The van der Waals surface area contributed by atoms with Gasteiger partial charge in [0.2, 0.25) is 0 Å². The molecule has 7 nitrogen and oxygen atoms in total. The summed E-state index contributed by atoms with van der Waals surface area (Å²) < 4.78 is 12.5. The zero-order chi connectivity index (χ0) is 17.1. The number of morpholine rings is 1. The summed E-state index contributed by atoms with van der Waals surface area (Å²) in [5.41, 5.74) is 0.263. The van der Waals surface area contributed by atoms with E-state index in [4.69, 9.17) is 9.47 Å². The molecule has 132 valence electrons. The molecule has 24 heavy (non-hydrogen) atoms. The first-order valence-electron chi connectivity index (χ1n) is 8.41. The monoisotopic (exact) mass is 335 g/mol. The van der Waals surface area contributed by atoms with Crippen LogP contribution in [0.3, 0.4) is 0 Å². The minimum atomic E-state index is -0.168. The number of hydrogen-bond donors (Lipinski definition) is 0. The second kappa shape index (κ2) is 7.46. The van der Waals surface area contributed by atoms with E-state index in [1.54, 1.807) is 26.3 Å². The van der Waals surface area contributed by atoms with Crippen molar-refractivity contribution in [2.75, 3.05) is 46.5 Å². The lowest BCUT2D eigenvalue weighted by Crippen LogP contribution is -2.61. The summed E-state index contributed by atoms with van der Waals surface area (Å²) in [5, 5.41) is 0. The molecule has 3 heterocycles. The third-order valence-electron chi connectivity index (χ3n) is 4.97. The Morgan fingerprint density at radius 3 is 3.00 bits per heavy atom. The fraction of sp³-hybridized carbons (Fsp3) is 0.647. The minimum Gasteiger partial charge on any atom is -0.383 e. The quantitative estimate of drug-likeness (QED) is 0.772. The number of hydrogen-bond acceptors (Lipinski definition) is 5. The van der Waals surface area contributed by atoms with Crippen molar-refractivity contribution in [1.82, 2.24) is 14.4 Å². The molecule has 2 saturated heterocycles. The van der Waals surface area contributed by atoms with Crippen LogP contribution in [0.5, 0.6) is 0 Å². The Hall–Kier alpha value is -1.70. The molecule has 2 atom stereocenters. The maximum atomic E-state index is 12.9. The van der Waals surface area contributed by atoms with Crippen LogP contribution in [0.2, 0.25) is 0 Å². The molecular weight excluding hydrogens is 310 g/mol.